The molecule has 1 aromatic heterocycles. The molecule has 0 spiro atoms. The number of nitrogens with zero attached hydrogens (tertiary/aromatic N) is 1. The van der Waals surface area contributed by atoms with Crippen LogP contribution in [0.3, 0.4) is 0 Å². The van der Waals surface area contributed by atoms with Crippen LogP contribution in [0.4, 0.5) is 18.9 Å². The lowest BCUT2D eigenvalue weighted by Gasteiger charge is -2.11. The molecule has 0 atom stereocenters. The lowest BCUT2D eigenvalue weighted by atomic mass is 10.1. The number of pyridine rings is 1. The maximum Gasteiger partial charge on any atom is 0.471 e. The molecule has 0 aliphatic rings. The maximum atomic E-state index is 12.2. The van der Waals surface area contributed by atoms with E-state index >= 15 is 0 Å². The van der Waals surface area contributed by atoms with Crippen LogP contribution in [0.15, 0.2) is 48.7 Å². The second-order valence-electron chi connectivity index (χ2n) is 3.71. The molecule has 1 N–H and O–H groups in total. The van der Waals surface area contributed by atoms with E-state index in [0.717, 1.165) is 0 Å². The molecule has 0 unspecified atom stereocenters. The number of hydrogen-bond acceptors (Lipinski definition) is 2. The molecule has 0 radical (unpaired) electrons. The van der Waals surface area contributed by atoms with Crippen molar-refractivity contribution in [3.05, 3.63) is 48.7 Å². The van der Waals surface area contributed by atoms with Crippen LogP contribution in [-0.2, 0) is 4.79 Å². The quantitative estimate of drug-likeness (QED) is 0.906. The molecular weight excluding hydrogens is 257 g/mol. The average Bonchev–Trinajstić information content (AvgIpc) is 2.39. The van der Waals surface area contributed by atoms with E-state index in [1.807, 2.05) is 5.32 Å². The number of rotatable bonds is 2. The summed E-state index contributed by atoms with van der Waals surface area (Å²) >= 11 is 0. The molecule has 0 saturated heterocycles. The Balaban J connectivity index is 2.35. The van der Waals surface area contributed by atoms with Crippen LogP contribution in [0.1, 0.15) is 0 Å². The Kier molecular flexibility index (Phi) is 3.50. The third-order valence-electron chi connectivity index (χ3n) is 2.37. The number of halogens is 3. The lowest BCUT2D eigenvalue weighted by molar-refractivity contribution is -0.167. The second-order valence-corrected chi connectivity index (χ2v) is 3.71. The molecule has 19 heavy (non-hydrogen) atoms. The van der Waals surface area contributed by atoms with Gasteiger partial charge in [0.1, 0.15) is 0 Å². The Morgan fingerprint density at radius 1 is 1.05 bits per heavy atom. The van der Waals surface area contributed by atoms with Crippen LogP contribution < -0.4 is 5.32 Å². The van der Waals surface area contributed by atoms with E-state index in [0.29, 0.717) is 11.3 Å². The highest BCUT2D eigenvalue weighted by molar-refractivity contribution is 5.98. The van der Waals surface area contributed by atoms with Crippen LogP contribution in [0, 0.1) is 0 Å². The summed E-state index contributed by atoms with van der Waals surface area (Å²) in [6.07, 6.45) is -3.39. The third kappa shape index (κ3) is 3.09. The fraction of sp³-hybridized carbons (Fsp3) is 0.0769. The summed E-state index contributed by atoms with van der Waals surface area (Å²) in [4.78, 5) is 15.0. The molecule has 0 aliphatic heterocycles. The molecular formula is C13H9F3N2O. The van der Waals surface area contributed by atoms with Crippen LogP contribution in [0.2, 0.25) is 0 Å². The predicted octanol–water partition coefficient (Wildman–Crippen LogP) is 3.25. The van der Waals surface area contributed by atoms with E-state index in [1.54, 1.807) is 36.4 Å². The fourth-order valence-corrected chi connectivity index (χ4v) is 1.53. The normalized spacial score (nSPS) is 11.1. The highest BCUT2D eigenvalue weighted by Crippen LogP contribution is 2.27. The predicted molar refractivity (Wildman–Crippen MR) is 64.4 cm³/mol. The number of benzene rings is 1. The molecule has 1 aromatic carbocycles. The summed E-state index contributed by atoms with van der Waals surface area (Å²) < 4.78 is 36.7. The Hall–Kier alpha value is -2.37. The Bertz CT molecular complexity index is 582. The monoisotopic (exact) mass is 266 g/mol. The third-order valence-corrected chi connectivity index (χ3v) is 2.37. The standard InChI is InChI=1S/C13H9F3N2O/c14-13(15,16)12(19)18-11-7-2-1-5-9(11)10-6-3-4-8-17-10/h1-8H,(H,18,19). The summed E-state index contributed by atoms with van der Waals surface area (Å²) in [7, 11) is 0. The fourth-order valence-electron chi connectivity index (χ4n) is 1.53. The van der Waals surface area contributed by atoms with Gasteiger partial charge in [0.2, 0.25) is 0 Å². The van der Waals surface area contributed by atoms with Crippen molar-refractivity contribution in [2.45, 2.75) is 6.18 Å². The van der Waals surface area contributed by atoms with Crippen molar-refractivity contribution in [1.29, 1.82) is 0 Å². The number of hydrogen-bond donors (Lipinski definition) is 1. The summed E-state index contributed by atoms with van der Waals surface area (Å²) in [5.41, 5.74) is 0.991. The van der Waals surface area contributed by atoms with Crippen molar-refractivity contribution in [2.24, 2.45) is 0 Å². The van der Waals surface area contributed by atoms with Crippen LogP contribution in [-0.4, -0.2) is 17.1 Å². The zero-order chi connectivity index (χ0) is 13.9. The summed E-state index contributed by atoms with van der Waals surface area (Å²) in [6.45, 7) is 0. The Morgan fingerprint density at radius 2 is 1.74 bits per heavy atom. The number of anilines is 1. The van der Waals surface area contributed by atoms with Crippen molar-refractivity contribution in [3.63, 3.8) is 0 Å². The zero-order valence-electron chi connectivity index (χ0n) is 9.61. The first-order valence-corrected chi connectivity index (χ1v) is 5.37. The number of aromatic nitrogens is 1. The topological polar surface area (TPSA) is 42.0 Å². The molecule has 3 nitrogen and oxygen atoms in total. The second kappa shape index (κ2) is 5.09. The number of para-hydroxylation sites is 1. The van der Waals surface area contributed by atoms with E-state index < -0.39 is 12.1 Å². The van der Waals surface area contributed by atoms with Crippen molar-refractivity contribution in [3.8, 4) is 11.3 Å². The minimum atomic E-state index is -4.92. The van der Waals surface area contributed by atoms with E-state index in [1.165, 1.54) is 12.3 Å². The summed E-state index contributed by atoms with van der Waals surface area (Å²) in [6, 6.07) is 11.2. The molecule has 0 aliphatic carbocycles. The lowest BCUT2D eigenvalue weighted by Crippen LogP contribution is -2.30. The zero-order valence-corrected chi connectivity index (χ0v) is 9.61. The minimum Gasteiger partial charge on any atom is -0.318 e. The van der Waals surface area contributed by atoms with Crippen molar-refractivity contribution >= 4 is 11.6 Å². The first-order valence-electron chi connectivity index (χ1n) is 5.37. The number of alkyl halides is 3. The molecule has 2 rings (SSSR count). The minimum absolute atomic E-state index is 0.0727. The average molecular weight is 266 g/mol. The van der Waals surface area contributed by atoms with Crippen LogP contribution in [0.5, 0.6) is 0 Å². The SMILES string of the molecule is O=C(Nc1ccccc1-c1ccccn1)C(F)(F)F. The van der Waals surface area contributed by atoms with Gasteiger partial charge >= 0.3 is 12.1 Å². The molecule has 2 aromatic rings. The van der Waals surface area contributed by atoms with Crippen molar-refractivity contribution in [2.75, 3.05) is 5.32 Å². The highest BCUT2D eigenvalue weighted by atomic mass is 19.4. The number of carbonyl (C=O) groups excluding carboxylic acids is 1. The largest absolute Gasteiger partial charge is 0.471 e. The van der Waals surface area contributed by atoms with Gasteiger partial charge in [-0.25, -0.2) is 0 Å². The number of amides is 1. The first kappa shape index (κ1) is 13.1. The van der Waals surface area contributed by atoms with Crippen molar-refractivity contribution in [1.82, 2.24) is 4.98 Å². The van der Waals surface area contributed by atoms with E-state index in [2.05, 4.69) is 4.98 Å². The van der Waals surface area contributed by atoms with Crippen LogP contribution >= 0.6 is 0 Å². The molecule has 0 fully saturated rings. The Labute approximate surface area is 107 Å². The molecule has 1 amide bonds. The van der Waals surface area contributed by atoms with Gasteiger partial charge in [0.25, 0.3) is 0 Å². The number of carbonyl (C=O) groups is 1. The van der Waals surface area contributed by atoms with Gasteiger partial charge in [0.05, 0.1) is 11.4 Å². The number of nitrogens with one attached hydrogen (secondary N) is 1. The van der Waals surface area contributed by atoms with E-state index in [9.17, 15) is 18.0 Å². The maximum absolute atomic E-state index is 12.2. The van der Waals surface area contributed by atoms with Gasteiger partial charge in [-0.15, -0.1) is 0 Å². The van der Waals surface area contributed by atoms with Crippen LogP contribution in [0.25, 0.3) is 11.3 Å². The van der Waals surface area contributed by atoms with Crippen molar-refractivity contribution < 1.29 is 18.0 Å². The van der Waals surface area contributed by atoms with Gasteiger partial charge in [-0.1, -0.05) is 24.3 Å². The molecule has 6 heteroatoms. The smallest absolute Gasteiger partial charge is 0.318 e. The summed E-state index contributed by atoms with van der Waals surface area (Å²) in [5, 5.41) is 1.85. The van der Waals surface area contributed by atoms with Gasteiger partial charge in [0.15, 0.2) is 0 Å². The molecule has 0 saturated carbocycles. The van der Waals surface area contributed by atoms with E-state index in [-0.39, 0.29) is 5.69 Å². The molecule has 98 valence electrons. The van der Waals surface area contributed by atoms with Gasteiger partial charge < -0.3 is 5.32 Å². The van der Waals surface area contributed by atoms with E-state index in [4.69, 9.17) is 0 Å². The van der Waals surface area contributed by atoms with Gasteiger partial charge in [-0.05, 0) is 18.2 Å². The van der Waals surface area contributed by atoms with Gasteiger partial charge in [-0.3, -0.25) is 9.78 Å². The molecule has 1 heterocycles. The summed E-state index contributed by atoms with van der Waals surface area (Å²) in [5.74, 6) is -2.00. The molecule has 0 bridgehead atoms. The van der Waals surface area contributed by atoms with Gasteiger partial charge in [0, 0.05) is 11.8 Å². The first-order chi connectivity index (χ1) is 8.98. The van der Waals surface area contributed by atoms with Gasteiger partial charge in [-0.2, -0.15) is 13.2 Å². The highest BCUT2D eigenvalue weighted by Gasteiger charge is 2.38. The Morgan fingerprint density at radius 3 is 2.37 bits per heavy atom.